The van der Waals surface area contributed by atoms with Gasteiger partial charge >= 0.3 is 0 Å². The van der Waals surface area contributed by atoms with Crippen molar-refractivity contribution >= 4 is 28.2 Å². The lowest BCUT2D eigenvalue weighted by Gasteiger charge is -2.35. The molecule has 0 bridgehead atoms. The lowest BCUT2D eigenvalue weighted by atomic mass is 9.95. The normalized spacial score (nSPS) is 16.2. The summed E-state index contributed by atoms with van der Waals surface area (Å²) in [5.41, 5.74) is 2.94. The van der Waals surface area contributed by atoms with Crippen molar-refractivity contribution in [3.63, 3.8) is 0 Å². The molecular formula is C27H28FN3O2S. The third-order valence-electron chi connectivity index (χ3n) is 6.64. The van der Waals surface area contributed by atoms with Crippen LogP contribution in [0.2, 0.25) is 0 Å². The molecule has 5 nitrogen and oxygen atoms in total. The van der Waals surface area contributed by atoms with Crippen LogP contribution in [0.4, 0.5) is 9.39 Å². The molecule has 34 heavy (non-hydrogen) atoms. The Labute approximate surface area is 203 Å². The Morgan fingerprint density at radius 1 is 0.912 bits per heavy atom. The van der Waals surface area contributed by atoms with Gasteiger partial charge in [-0.1, -0.05) is 42.5 Å². The van der Waals surface area contributed by atoms with Crippen LogP contribution in [0.5, 0.6) is 0 Å². The highest BCUT2D eigenvalue weighted by atomic mass is 32.1. The Morgan fingerprint density at radius 2 is 1.62 bits per heavy atom. The minimum atomic E-state index is -0.566. The van der Waals surface area contributed by atoms with Crippen molar-refractivity contribution in [1.82, 2.24) is 9.80 Å². The van der Waals surface area contributed by atoms with Crippen molar-refractivity contribution in [3.05, 3.63) is 87.5 Å². The molecule has 0 unspecified atom stereocenters. The molecule has 1 aliphatic carbocycles. The number of hydrogen-bond acceptors (Lipinski definition) is 4. The van der Waals surface area contributed by atoms with E-state index in [1.807, 2.05) is 23.1 Å². The van der Waals surface area contributed by atoms with E-state index in [9.17, 15) is 14.0 Å². The molecule has 0 spiro atoms. The highest BCUT2D eigenvalue weighted by molar-refractivity contribution is 7.17. The van der Waals surface area contributed by atoms with Gasteiger partial charge in [0.2, 0.25) is 0 Å². The van der Waals surface area contributed by atoms with Crippen LogP contribution >= 0.6 is 11.3 Å². The fraction of sp³-hybridized carbons (Fsp3) is 0.333. The van der Waals surface area contributed by atoms with Crippen LogP contribution in [-0.4, -0.2) is 47.8 Å². The number of rotatable bonds is 5. The quantitative estimate of drug-likeness (QED) is 0.564. The number of nitrogens with one attached hydrogen (secondary N) is 1. The Hall–Kier alpha value is -3.03. The fourth-order valence-corrected chi connectivity index (χ4v) is 6.08. The van der Waals surface area contributed by atoms with Crippen LogP contribution in [0.3, 0.4) is 0 Å². The van der Waals surface area contributed by atoms with Crippen LogP contribution in [0.25, 0.3) is 0 Å². The number of fused-ring (bicyclic) bond motifs is 1. The van der Waals surface area contributed by atoms with Crippen molar-refractivity contribution in [3.8, 4) is 0 Å². The molecule has 176 valence electrons. The van der Waals surface area contributed by atoms with Crippen molar-refractivity contribution in [2.24, 2.45) is 0 Å². The maximum Gasteiger partial charge on any atom is 0.259 e. The number of benzene rings is 2. The van der Waals surface area contributed by atoms with Gasteiger partial charge in [-0.15, -0.1) is 11.3 Å². The average Bonchev–Trinajstić information content (AvgIpc) is 3.22. The summed E-state index contributed by atoms with van der Waals surface area (Å²) in [4.78, 5) is 32.0. The second-order valence-corrected chi connectivity index (χ2v) is 10.0. The van der Waals surface area contributed by atoms with Gasteiger partial charge in [0, 0.05) is 37.6 Å². The lowest BCUT2D eigenvalue weighted by molar-refractivity contribution is 0.0628. The molecule has 5 rings (SSSR count). The van der Waals surface area contributed by atoms with Crippen LogP contribution in [0.1, 0.15) is 49.6 Å². The molecule has 1 aromatic heterocycles. The van der Waals surface area contributed by atoms with Crippen molar-refractivity contribution < 1.29 is 14.0 Å². The van der Waals surface area contributed by atoms with Gasteiger partial charge in [-0.3, -0.25) is 14.5 Å². The maximum atomic E-state index is 14.2. The van der Waals surface area contributed by atoms with Gasteiger partial charge in [-0.05, 0) is 48.9 Å². The highest BCUT2D eigenvalue weighted by Gasteiger charge is 2.31. The smallest absolute Gasteiger partial charge is 0.259 e. The minimum Gasteiger partial charge on any atom is -0.336 e. The standard InChI is InChI=1S/C27H28FN3O2S/c28-22-12-6-4-10-20(22)25(32)29-26-24(21-11-5-7-13-23(21)34-26)27(33)31-16-14-30(15-17-31)18-19-8-2-1-3-9-19/h1-4,6,8-10,12H,5,7,11,13-18H2,(H,29,32). The van der Waals surface area contributed by atoms with E-state index in [-0.39, 0.29) is 11.5 Å². The van der Waals surface area contributed by atoms with Gasteiger partial charge in [0.1, 0.15) is 10.8 Å². The number of hydrogen-bond donors (Lipinski definition) is 1. The molecule has 0 atom stereocenters. The summed E-state index contributed by atoms with van der Waals surface area (Å²) in [5.74, 6) is -1.11. The number of piperazine rings is 1. The van der Waals surface area contributed by atoms with Gasteiger partial charge < -0.3 is 10.2 Å². The molecule has 2 aliphatic rings. The number of amides is 2. The molecule has 7 heteroatoms. The number of thiophene rings is 1. The summed E-state index contributed by atoms with van der Waals surface area (Å²) >= 11 is 1.47. The number of carbonyl (C=O) groups is 2. The first-order chi connectivity index (χ1) is 16.6. The number of nitrogens with zero attached hydrogens (tertiary/aromatic N) is 2. The fourth-order valence-electron chi connectivity index (χ4n) is 4.80. The lowest BCUT2D eigenvalue weighted by Crippen LogP contribution is -2.48. The molecule has 1 fully saturated rings. The van der Waals surface area contributed by atoms with Crippen molar-refractivity contribution in [1.29, 1.82) is 0 Å². The molecule has 1 saturated heterocycles. The molecule has 1 N–H and O–H groups in total. The average molecular weight is 478 g/mol. The number of carbonyl (C=O) groups excluding carboxylic acids is 2. The third-order valence-corrected chi connectivity index (χ3v) is 7.85. The molecule has 2 aromatic carbocycles. The van der Waals surface area contributed by atoms with E-state index >= 15 is 0 Å². The molecule has 3 aromatic rings. The van der Waals surface area contributed by atoms with Crippen molar-refractivity contribution in [2.75, 3.05) is 31.5 Å². The summed E-state index contributed by atoms with van der Waals surface area (Å²) in [6.07, 6.45) is 3.88. The largest absolute Gasteiger partial charge is 0.336 e. The van der Waals surface area contributed by atoms with E-state index in [2.05, 4.69) is 22.3 Å². The zero-order valence-corrected chi connectivity index (χ0v) is 19.9. The topological polar surface area (TPSA) is 52.7 Å². The molecule has 2 amide bonds. The Balaban J connectivity index is 1.33. The molecule has 2 heterocycles. The van der Waals surface area contributed by atoms with Gasteiger partial charge in [-0.2, -0.15) is 0 Å². The van der Waals surface area contributed by atoms with E-state index in [4.69, 9.17) is 0 Å². The predicted octanol–water partition coefficient (Wildman–Crippen LogP) is 4.98. The van der Waals surface area contributed by atoms with E-state index in [0.29, 0.717) is 23.7 Å². The maximum absolute atomic E-state index is 14.2. The number of aryl methyl sites for hydroxylation is 1. The molecule has 0 radical (unpaired) electrons. The SMILES string of the molecule is O=C(Nc1sc2c(c1C(=O)N1CCN(Cc3ccccc3)CC1)CCCC2)c1ccccc1F. The second-order valence-electron chi connectivity index (χ2n) is 8.90. The summed E-state index contributed by atoms with van der Waals surface area (Å²) in [5, 5.41) is 3.42. The Morgan fingerprint density at radius 3 is 2.38 bits per heavy atom. The third kappa shape index (κ3) is 4.76. The molecular weight excluding hydrogens is 449 g/mol. The Bertz CT molecular complexity index is 1190. The number of halogens is 1. The van der Waals surface area contributed by atoms with Crippen LogP contribution < -0.4 is 5.32 Å². The van der Waals surface area contributed by atoms with E-state index in [1.54, 1.807) is 12.1 Å². The van der Waals surface area contributed by atoms with Gasteiger partial charge in [-0.25, -0.2) is 4.39 Å². The Kier molecular flexibility index (Phi) is 6.74. The summed E-state index contributed by atoms with van der Waals surface area (Å²) in [6.45, 7) is 3.79. The van der Waals surface area contributed by atoms with Crippen molar-refractivity contribution in [2.45, 2.75) is 32.2 Å². The number of anilines is 1. The van der Waals surface area contributed by atoms with Crippen LogP contribution in [-0.2, 0) is 19.4 Å². The van der Waals surface area contributed by atoms with Gasteiger partial charge in [0.25, 0.3) is 11.8 Å². The zero-order valence-electron chi connectivity index (χ0n) is 19.1. The second kappa shape index (κ2) is 10.1. The molecule has 1 aliphatic heterocycles. The van der Waals surface area contributed by atoms with Gasteiger partial charge in [0.05, 0.1) is 11.1 Å². The first-order valence-electron chi connectivity index (χ1n) is 11.9. The highest BCUT2D eigenvalue weighted by Crippen LogP contribution is 2.39. The predicted molar refractivity (Wildman–Crippen MR) is 133 cm³/mol. The summed E-state index contributed by atoms with van der Waals surface area (Å²) in [7, 11) is 0. The minimum absolute atomic E-state index is 0.0122. The van der Waals surface area contributed by atoms with E-state index in [1.165, 1.54) is 33.9 Å². The summed E-state index contributed by atoms with van der Waals surface area (Å²) in [6, 6.07) is 16.3. The van der Waals surface area contributed by atoms with Crippen LogP contribution in [0.15, 0.2) is 54.6 Å². The monoisotopic (exact) mass is 477 g/mol. The first kappa shape index (κ1) is 22.7. The van der Waals surface area contributed by atoms with E-state index in [0.717, 1.165) is 50.9 Å². The van der Waals surface area contributed by atoms with Gasteiger partial charge in [0.15, 0.2) is 0 Å². The first-order valence-corrected chi connectivity index (χ1v) is 12.7. The van der Waals surface area contributed by atoms with E-state index < -0.39 is 11.7 Å². The van der Waals surface area contributed by atoms with Crippen LogP contribution in [0, 0.1) is 5.82 Å². The zero-order chi connectivity index (χ0) is 23.5. The summed E-state index contributed by atoms with van der Waals surface area (Å²) < 4.78 is 14.2. The molecule has 0 saturated carbocycles.